The number of Topliss-reactive ketones (excluding diaryl/α,β-unsaturated/α-hetero) is 1. The second-order valence-corrected chi connectivity index (χ2v) is 3.66. The van der Waals surface area contributed by atoms with Crippen LogP contribution in [0.25, 0.3) is 0 Å². The van der Waals surface area contributed by atoms with Crippen LogP contribution in [0.4, 0.5) is 5.69 Å². The lowest BCUT2D eigenvalue weighted by atomic mass is 10.1. The summed E-state index contributed by atoms with van der Waals surface area (Å²) in [7, 11) is 0. The number of rotatable bonds is 3. The molecule has 0 atom stereocenters. The number of amides is 1. The Balaban J connectivity index is 2.27. The van der Waals surface area contributed by atoms with Crippen molar-refractivity contribution in [3.8, 4) is 0 Å². The first kappa shape index (κ1) is 11.3. The van der Waals surface area contributed by atoms with E-state index in [2.05, 4.69) is 0 Å². The molecular weight excluding hydrogens is 222 g/mol. The summed E-state index contributed by atoms with van der Waals surface area (Å²) in [5, 5.41) is 0.773. The highest BCUT2D eigenvalue weighted by atomic mass is 16.7. The van der Waals surface area contributed by atoms with E-state index in [-0.39, 0.29) is 12.0 Å². The van der Waals surface area contributed by atoms with Crippen LogP contribution >= 0.6 is 0 Å². The van der Waals surface area contributed by atoms with Crippen LogP contribution in [0.3, 0.4) is 0 Å². The van der Waals surface area contributed by atoms with Crippen LogP contribution < -0.4 is 5.06 Å². The second kappa shape index (κ2) is 4.37. The zero-order valence-electron chi connectivity index (χ0n) is 9.30. The van der Waals surface area contributed by atoms with Gasteiger partial charge in [0, 0.05) is 6.42 Å². The van der Waals surface area contributed by atoms with Crippen molar-refractivity contribution in [2.24, 2.45) is 0 Å². The van der Waals surface area contributed by atoms with Gasteiger partial charge in [0.05, 0.1) is 11.3 Å². The molecule has 5 heteroatoms. The Morgan fingerprint density at radius 3 is 2.71 bits per heavy atom. The number of hydrogen-bond acceptors (Lipinski definition) is 4. The number of carbonyl (C=O) groups is 3. The number of hydrogen-bond donors (Lipinski definition) is 0. The molecule has 17 heavy (non-hydrogen) atoms. The molecule has 0 saturated heterocycles. The Kier molecular flexibility index (Phi) is 2.91. The Morgan fingerprint density at radius 2 is 2.00 bits per heavy atom. The maximum Gasteiger partial charge on any atom is 0.333 e. The van der Waals surface area contributed by atoms with E-state index in [0.717, 1.165) is 5.06 Å². The fourth-order valence-corrected chi connectivity index (χ4v) is 1.60. The summed E-state index contributed by atoms with van der Waals surface area (Å²) in [4.78, 5) is 39.4. The average molecular weight is 233 g/mol. The molecule has 0 N–H and O–H groups in total. The lowest BCUT2D eigenvalue weighted by Crippen LogP contribution is -2.32. The molecule has 0 aromatic heterocycles. The maximum absolute atomic E-state index is 11.6. The minimum absolute atomic E-state index is 0.208. The van der Waals surface area contributed by atoms with Gasteiger partial charge in [-0.15, -0.1) is 5.06 Å². The van der Waals surface area contributed by atoms with E-state index in [1.165, 1.54) is 6.07 Å². The van der Waals surface area contributed by atoms with Crippen molar-refractivity contribution in [3.05, 3.63) is 29.8 Å². The maximum atomic E-state index is 11.6. The molecule has 2 rings (SSSR count). The molecule has 5 nitrogen and oxygen atoms in total. The van der Waals surface area contributed by atoms with Crippen molar-refractivity contribution in [1.82, 2.24) is 0 Å². The summed E-state index contributed by atoms with van der Waals surface area (Å²) in [5.41, 5.74) is 0.591. The fourth-order valence-electron chi connectivity index (χ4n) is 1.60. The molecule has 1 aromatic carbocycles. The number of hydroxylamine groups is 1. The zero-order chi connectivity index (χ0) is 12.4. The van der Waals surface area contributed by atoms with Gasteiger partial charge >= 0.3 is 11.9 Å². The van der Waals surface area contributed by atoms with Crippen molar-refractivity contribution in [3.63, 3.8) is 0 Å². The number of fused-ring (bicyclic) bond motifs is 1. The predicted octanol–water partition coefficient (Wildman–Crippen LogP) is 1.47. The first-order valence-electron chi connectivity index (χ1n) is 5.33. The summed E-state index contributed by atoms with van der Waals surface area (Å²) >= 11 is 0. The van der Waals surface area contributed by atoms with E-state index in [0.29, 0.717) is 12.1 Å². The van der Waals surface area contributed by atoms with E-state index in [4.69, 9.17) is 4.84 Å². The molecule has 0 saturated carbocycles. The standard InChI is InChI=1S/C12H11NO4/c1-2-5-10(14)17-13-9-7-4-3-6-8(9)11(15)12(13)16/h3-4,6-7H,2,5H2,1H3. The van der Waals surface area contributed by atoms with Crippen molar-refractivity contribution in [2.75, 3.05) is 5.06 Å². The lowest BCUT2D eigenvalue weighted by molar-refractivity contribution is -0.149. The van der Waals surface area contributed by atoms with Crippen LogP contribution in [-0.4, -0.2) is 17.7 Å². The average Bonchev–Trinajstić information content (AvgIpc) is 2.56. The zero-order valence-corrected chi connectivity index (χ0v) is 9.30. The summed E-state index contributed by atoms with van der Waals surface area (Å²) in [6.07, 6.45) is 0.830. The van der Waals surface area contributed by atoms with Gasteiger partial charge in [-0.1, -0.05) is 19.1 Å². The van der Waals surface area contributed by atoms with E-state index < -0.39 is 17.7 Å². The summed E-state index contributed by atoms with van der Waals surface area (Å²) in [6, 6.07) is 6.42. The highest BCUT2D eigenvalue weighted by Crippen LogP contribution is 2.28. The van der Waals surface area contributed by atoms with Crippen LogP contribution in [0.2, 0.25) is 0 Å². The van der Waals surface area contributed by atoms with E-state index in [9.17, 15) is 14.4 Å². The lowest BCUT2D eigenvalue weighted by Gasteiger charge is -2.14. The molecule has 1 heterocycles. The molecule has 1 aromatic rings. The Hall–Kier alpha value is -2.17. The van der Waals surface area contributed by atoms with Crippen LogP contribution in [0.5, 0.6) is 0 Å². The van der Waals surface area contributed by atoms with E-state index in [1.54, 1.807) is 18.2 Å². The third-order valence-electron chi connectivity index (χ3n) is 2.39. The first-order chi connectivity index (χ1) is 8.15. The molecule has 1 amide bonds. The van der Waals surface area contributed by atoms with Crippen LogP contribution in [0.1, 0.15) is 30.1 Å². The highest BCUT2D eigenvalue weighted by Gasteiger charge is 2.38. The van der Waals surface area contributed by atoms with Gasteiger partial charge in [0.15, 0.2) is 0 Å². The Labute approximate surface area is 97.9 Å². The summed E-state index contributed by atoms with van der Waals surface area (Å²) in [5.74, 6) is -1.99. The molecule has 0 radical (unpaired) electrons. The number of benzene rings is 1. The second-order valence-electron chi connectivity index (χ2n) is 3.66. The smallest absolute Gasteiger partial charge is 0.333 e. The Morgan fingerprint density at radius 1 is 1.29 bits per heavy atom. The van der Waals surface area contributed by atoms with Crippen LogP contribution in [-0.2, 0) is 14.4 Å². The third kappa shape index (κ3) is 1.91. The molecule has 0 aliphatic carbocycles. The van der Waals surface area contributed by atoms with Gasteiger partial charge in [0.2, 0.25) is 0 Å². The normalized spacial score (nSPS) is 13.8. The largest absolute Gasteiger partial charge is 0.333 e. The summed E-state index contributed by atoms with van der Waals surface area (Å²) < 4.78 is 0. The number of ketones is 1. The van der Waals surface area contributed by atoms with E-state index >= 15 is 0 Å². The SMILES string of the molecule is CCCC(=O)ON1C(=O)C(=O)c2ccccc21. The van der Waals surface area contributed by atoms with Gasteiger partial charge in [0.1, 0.15) is 0 Å². The van der Waals surface area contributed by atoms with Crippen LogP contribution in [0.15, 0.2) is 24.3 Å². The summed E-state index contributed by atoms with van der Waals surface area (Å²) in [6.45, 7) is 1.83. The molecule has 88 valence electrons. The first-order valence-corrected chi connectivity index (χ1v) is 5.33. The van der Waals surface area contributed by atoms with Crippen molar-refractivity contribution in [1.29, 1.82) is 0 Å². The van der Waals surface area contributed by atoms with Gasteiger partial charge in [-0.2, -0.15) is 0 Å². The van der Waals surface area contributed by atoms with Gasteiger partial charge in [-0.25, -0.2) is 4.79 Å². The third-order valence-corrected chi connectivity index (χ3v) is 2.39. The Bertz CT molecular complexity index is 495. The molecule has 1 aliphatic rings. The topological polar surface area (TPSA) is 63.7 Å². The minimum Gasteiger partial charge on any atom is -0.333 e. The van der Waals surface area contributed by atoms with Gasteiger partial charge in [-0.05, 0) is 18.6 Å². The highest BCUT2D eigenvalue weighted by molar-refractivity contribution is 6.51. The molecular formula is C12H11NO4. The van der Waals surface area contributed by atoms with Gasteiger partial charge in [0.25, 0.3) is 5.78 Å². The van der Waals surface area contributed by atoms with Crippen molar-refractivity contribution < 1.29 is 19.2 Å². The number of carbonyl (C=O) groups excluding carboxylic acids is 3. The number of para-hydroxylation sites is 1. The molecule has 0 unspecified atom stereocenters. The fraction of sp³-hybridized carbons (Fsp3) is 0.250. The van der Waals surface area contributed by atoms with Crippen molar-refractivity contribution >= 4 is 23.3 Å². The van der Waals surface area contributed by atoms with Gasteiger partial charge in [-0.3, -0.25) is 9.59 Å². The number of nitrogens with zero attached hydrogens (tertiary/aromatic N) is 1. The van der Waals surface area contributed by atoms with Gasteiger partial charge < -0.3 is 4.84 Å². The van der Waals surface area contributed by atoms with Crippen LogP contribution in [0, 0.1) is 0 Å². The molecule has 0 bridgehead atoms. The quantitative estimate of drug-likeness (QED) is 0.742. The minimum atomic E-state index is -0.823. The number of anilines is 1. The monoisotopic (exact) mass is 233 g/mol. The molecule has 0 spiro atoms. The molecule has 0 fully saturated rings. The molecule has 1 aliphatic heterocycles. The predicted molar refractivity (Wildman–Crippen MR) is 59.3 cm³/mol. The van der Waals surface area contributed by atoms with E-state index in [1.807, 2.05) is 6.92 Å². The van der Waals surface area contributed by atoms with Crippen molar-refractivity contribution in [2.45, 2.75) is 19.8 Å².